The standard InChI is InChI=1S/C16H24O5/c1-16(2,21-6)10-9-12(17)11-7-8-13(18-3)15(20-5)14(11)19-4/h7-8H,9-10H2,1-6H3. The highest BCUT2D eigenvalue weighted by Crippen LogP contribution is 2.40. The Kier molecular flexibility index (Phi) is 6.03. The van der Waals surface area contributed by atoms with E-state index in [4.69, 9.17) is 18.9 Å². The number of Topliss-reactive ketones (excluding diaryl/α,β-unsaturated/α-hetero) is 1. The van der Waals surface area contributed by atoms with Gasteiger partial charge in [-0.25, -0.2) is 0 Å². The summed E-state index contributed by atoms with van der Waals surface area (Å²) in [6.07, 6.45) is 0.993. The molecule has 0 aromatic heterocycles. The monoisotopic (exact) mass is 296 g/mol. The topological polar surface area (TPSA) is 54.0 Å². The smallest absolute Gasteiger partial charge is 0.204 e. The van der Waals surface area contributed by atoms with E-state index in [0.717, 1.165) is 0 Å². The Hall–Kier alpha value is -1.75. The predicted octanol–water partition coefficient (Wildman–Crippen LogP) is 3.10. The molecule has 0 saturated carbocycles. The normalized spacial score (nSPS) is 11.1. The van der Waals surface area contributed by atoms with Crippen molar-refractivity contribution in [3.8, 4) is 17.2 Å². The SMILES string of the molecule is COc1ccc(C(=O)CCC(C)(C)OC)c(OC)c1OC. The molecular formula is C16H24O5. The zero-order valence-corrected chi connectivity index (χ0v) is 13.6. The van der Waals surface area contributed by atoms with Gasteiger partial charge in [0.2, 0.25) is 5.75 Å². The van der Waals surface area contributed by atoms with Crippen molar-refractivity contribution >= 4 is 5.78 Å². The number of methoxy groups -OCH3 is 4. The lowest BCUT2D eigenvalue weighted by molar-refractivity contribution is 0.0141. The first-order valence-corrected chi connectivity index (χ1v) is 6.77. The van der Waals surface area contributed by atoms with Crippen LogP contribution in [0.3, 0.4) is 0 Å². The Morgan fingerprint density at radius 3 is 2.10 bits per heavy atom. The van der Waals surface area contributed by atoms with E-state index in [9.17, 15) is 4.79 Å². The van der Waals surface area contributed by atoms with Crippen LogP contribution in [0.5, 0.6) is 17.2 Å². The summed E-state index contributed by atoms with van der Waals surface area (Å²) >= 11 is 0. The Morgan fingerprint density at radius 2 is 1.62 bits per heavy atom. The molecule has 0 saturated heterocycles. The van der Waals surface area contributed by atoms with E-state index in [-0.39, 0.29) is 11.4 Å². The fourth-order valence-corrected chi connectivity index (χ4v) is 1.97. The lowest BCUT2D eigenvalue weighted by atomic mass is 9.97. The van der Waals surface area contributed by atoms with Crippen molar-refractivity contribution in [3.63, 3.8) is 0 Å². The van der Waals surface area contributed by atoms with Crippen LogP contribution in [0, 0.1) is 0 Å². The molecule has 0 radical (unpaired) electrons. The third-order valence-electron chi connectivity index (χ3n) is 3.51. The zero-order chi connectivity index (χ0) is 16.0. The van der Waals surface area contributed by atoms with Crippen molar-refractivity contribution in [2.75, 3.05) is 28.4 Å². The molecule has 0 bridgehead atoms. The Labute approximate surface area is 126 Å². The summed E-state index contributed by atoms with van der Waals surface area (Å²) in [6, 6.07) is 3.40. The first kappa shape index (κ1) is 17.3. The predicted molar refractivity (Wildman–Crippen MR) is 80.8 cm³/mol. The van der Waals surface area contributed by atoms with Crippen molar-refractivity contribution in [3.05, 3.63) is 17.7 Å². The van der Waals surface area contributed by atoms with E-state index in [1.165, 1.54) is 14.2 Å². The molecule has 0 atom stereocenters. The number of carbonyl (C=O) groups is 1. The first-order chi connectivity index (χ1) is 9.90. The average Bonchev–Trinajstić information content (AvgIpc) is 2.50. The highest BCUT2D eigenvalue weighted by atomic mass is 16.5. The van der Waals surface area contributed by atoms with Crippen LogP contribution < -0.4 is 14.2 Å². The van der Waals surface area contributed by atoms with Gasteiger partial charge in [-0.1, -0.05) is 0 Å². The van der Waals surface area contributed by atoms with E-state index >= 15 is 0 Å². The van der Waals surface area contributed by atoms with Crippen LogP contribution in [-0.4, -0.2) is 39.8 Å². The van der Waals surface area contributed by atoms with Gasteiger partial charge in [-0.15, -0.1) is 0 Å². The maximum atomic E-state index is 12.4. The largest absolute Gasteiger partial charge is 0.493 e. The van der Waals surface area contributed by atoms with Crippen molar-refractivity contribution in [2.45, 2.75) is 32.3 Å². The number of hydrogen-bond donors (Lipinski definition) is 0. The molecule has 21 heavy (non-hydrogen) atoms. The van der Waals surface area contributed by atoms with Crippen LogP contribution in [0.1, 0.15) is 37.0 Å². The van der Waals surface area contributed by atoms with Gasteiger partial charge in [0.15, 0.2) is 17.3 Å². The number of ether oxygens (including phenoxy) is 4. The lowest BCUT2D eigenvalue weighted by Gasteiger charge is -2.22. The fourth-order valence-electron chi connectivity index (χ4n) is 1.97. The number of rotatable bonds is 8. The molecule has 0 spiro atoms. The highest BCUT2D eigenvalue weighted by Gasteiger charge is 2.23. The van der Waals surface area contributed by atoms with Crippen molar-refractivity contribution < 1.29 is 23.7 Å². The summed E-state index contributed by atoms with van der Waals surface area (Å²) < 4.78 is 21.2. The average molecular weight is 296 g/mol. The second-order valence-corrected chi connectivity index (χ2v) is 5.27. The maximum Gasteiger partial charge on any atom is 0.204 e. The van der Waals surface area contributed by atoms with E-state index in [1.807, 2.05) is 13.8 Å². The summed E-state index contributed by atoms with van der Waals surface area (Å²) in [4.78, 5) is 12.4. The second kappa shape index (κ2) is 7.31. The quantitative estimate of drug-likeness (QED) is 0.690. The van der Waals surface area contributed by atoms with Gasteiger partial charge in [0, 0.05) is 13.5 Å². The van der Waals surface area contributed by atoms with Gasteiger partial charge in [-0.3, -0.25) is 4.79 Å². The molecule has 5 heteroatoms. The Morgan fingerprint density at radius 1 is 1.00 bits per heavy atom. The van der Waals surface area contributed by atoms with Gasteiger partial charge in [-0.05, 0) is 32.4 Å². The molecule has 118 valence electrons. The lowest BCUT2D eigenvalue weighted by Crippen LogP contribution is -2.23. The Balaban J connectivity index is 3.04. The second-order valence-electron chi connectivity index (χ2n) is 5.27. The van der Waals surface area contributed by atoms with Crippen molar-refractivity contribution in [1.82, 2.24) is 0 Å². The van der Waals surface area contributed by atoms with Gasteiger partial charge >= 0.3 is 0 Å². The summed E-state index contributed by atoms with van der Waals surface area (Å²) in [5.41, 5.74) is 0.154. The number of ketones is 1. The van der Waals surface area contributed by atoms with Crippen LogP contribution in [0.4, 0.5) is 0 Å². The van der Waals surface area contributed by atoms with Crippen molar-refractivity contribution in [1.29, 1.82) is 0 Å². The molecule has 0 N–H and O–H groups in total. The van der Waals surface area contributed by atoms with Gasteiger partial charge in [0.1, 0.15) is 0 Å². The van der Waals surface area contributed by atoms with E-state index in [2.05, 4.69) is 0 Å². The molecule has 0 aliphatic rings. The van der Waals surface area contributed by atoms with E-state index in [1.54, 1.807) is 26.4 Å². The molecular weight excluding hydrogens is 272 g/mol. The third kappa shape index (κ3) is 4.11. The minimum atomic E-state index is -0.334. The third-order valence-corrected chi connectivity index (χ3v) is 3.51. The number of hydrogen-bond acceptors (Lipinski definition) is 5. The van der Waals surface area contributed by atoms with E-state index in [0.29, 0.717) is 35.7 Å². The van der Waals surface area contributed by atoms with Crippen LogP contribution in [0.2, 0.25) is 0 Å². The van der Waals surface area contributed by atoms with Crippen LogP contribution in [-0.2, 0) is 4.74 Å². The highest BCUT2D eigenvalue weighted by molar-refractivity contribution is 6.00. The van der Waals surface area contributed by atoms with Gasteiger partial charge < -0.3 is 18.9 Å². The zero-order valence-electron chi connectivity index (χ0n) is 13.6. The van der Waals surface area contributed by atoms with Crippen LogP contribution >= 0.6 is 0 Å². The summed E-state index contributed by atoms with van der Waals surface area (Å²) in [5, 5.41) is 0. The van der Waals surface area contributed by atoms with Gasteiger partial charge in [-0.2, -0.15) is 0 Å². The molecule has 1 aromatic carbocycles. The van der Waals surface area contributed by atoms with Crippen LogP contribution in [0.25, 0.3) is 0 Å². The van der Waals surface area contributed by atoms with Gasteiger partial charge in [0.05, 0.1) is 32.5 Å². The molecule has 0 amide bonds. The van der Waals surface area contributed by atoms with Gasteiger partial charge in [0.25, 0.3) is 0 Å². The summed E-state index contributed by atoms with van der Waals surface area (Å²) in [7, 11) is 6.21. The Bertz CT molecular complexity index is 494. The minimum absolute atomic E-state index is 0.0158. The molecule has 1 aromatic rings. The molecule has 0 fully saturated rings. The summed E-state index contributed by atoms with van der Waals surface area (Å²) in [6.45, 7) is 3.90. The first-order valence-electron chi connectivity index (χ1n) is 6.77. The molecule has 0 aliphatic carbocycles. The molecule has 0 aliphatic heterocycles. The summed E-state index contributed by atoms with van der Waals surface area (Å²) in [5.74, 6) is 1.34. The molecule has 5 nitrogen and oxygen atoms in total. The molecule has 0 heterocycles. The number of benzene rings is 1. The minimum Gasteiger partial charge on any atom is -0.493 e. The maximum absolute atomic E-state index is 12.4. The number of carbonyl (C=O) groups excluding carboxylic acids is 1. The van der Waals surface area contributed by atoms with Crippen LogP contribution in [0.15, 0.2) is 12.1 Å². The molecule has 0 unspecified atom stereocenters. The van der Waals surface area contributed by atoms with E-state index < -0.39 is 0 Å². The van der Waals surface area contributed by atoms with Crippen molar-refractivity contribution in [2.24, 2.45) is 0 Å². The fraction of sp³-hybridized carbons (Fsp3) is 0.562. The molecule has 1 rings (SSSR count).